The molecule has 1 saturated heterocycles. The third-order valence-electron chi connectivity index (χ3n) is 4.93. The topological polar surface area (TPSA) is 93.4 Å². The van der Waals surface area contributed by atoms with Gasteiger partial charge in [-0.3, -0.25) is 4.79 Å². The zero-order chi connectivity index (χ0) is 20.6. The predicted octanol–water partition coefficient (Wildman–Crippen LogP) is 2.61. The van der Waals surface area contributed by atoms with Crippen LogP contribution in [0.2, 0.25) is 0 Å². The number of hydrogen-bond donors (Lipinski definition) is 1. The van der Waals surface area contributed by atoms with E-state index in [0.717, 1.165) is 43.2 Å². The summed E-state index contributed by atoms with van der Waals surface area (Å²) in [6, 6.07) is 13.7. The molecule has 8 heteroatoms. The first-order valence-electron chi connectivity index (χ1n) is 10.2. The maximum Gasteiger partial charge on any atom is 0.226 e. The van der Waals surface area contributed by atoms with E-state index in [2.05, 4.69) is 25.3 Å². The van der Waals surface area contributed by atoms with Crippen molar-refractivity contribution in [1.29, 1.82) is 0 Å². The predicted molar refractivity (Wildman–Crippen MR) is 112 cm³/mol. The molecule has 0 radical (unpaired) electrons. The standard InChI is InChI=1S/C22H25N5O3/c28-20(7-4-8-21-25-22(26-30-21)18-5-2-1-3-6-18)24-16-17-9-10-19(23-15-17)27-11-13-29-14-12-27/h1-3,5-6,9-10,15H,4,7-8,11-14,16H2,(H,24,28). The molecule has 0 unspecified atom stereocenters. The largest absolute Gasteiger partial charge is 0.378 e. The number of rotatable bonds is 8. The van der Waals surface area contributed by atoms with E-state index in [4.69, 9.17) is 9.26 Å². The lowest BCUT2D eigenvalue weighted by Crippen LogP contribution is -2.36. The molecular weight excluding hydrogens is 382 g/mol. The van der Waals surface area contributed by atoms with Gasteiger partial charge in [-0.2, -0.15) is 4.98 Å². The first-order valence-corrected chi connectivity index (χ1v) is 10.2. The van der Waals surface area contributed by atoms with Gasteiger partial charge in [0.05, 0.1) is 13.2 Å². The lowest BCUT2D eigenvalue weighted by molar-refractivity contribution is -0.121. The Morgan fingerprint density at radius 2 is 1.93 bits per heavy atom. The Bertz CT molecular complexity index is 937. The van der Waals surface area contributed by atoms with E-state index in [1.807, 2.05) is 48.7 Å². The lowest BCUT2D eigenvalue weighted by Gasteiger charge is -2.27. The molecule has 1 fully saturated rings. The maximum atomic E-state index is 12.1. The molecule has 0 saturated carbocycles. The molecule has 156 valence electrons. The van der Waals surface area contributed by atoms with Crippen LogP contribution in [0.5, 0.6) is 0 Å². The van der Waals surface area contributed by atoms with Crippen LogP contribution in [-0.2, 0) is 22.5 Å². The van der Waals surface area contributed by atoms with Crippen molar-refractivity contribution >= 4 is 11.7 Å². The van der Waals surface area contributed by atoms with E-state index >= 15 is 0 Å². The monoisotopic (exact) mass is 407 g/mol. The molecule has 1 aromatic carbocycles. The number of aromatic nitrogens is 3. The first-order chi connectivity index (χ1) is 14.8. The van der Waals surface area contributed by atoms with Crippen LogP contribution in [-0.4, -0.2) is 47.3 Å². The summed E-state index contributed by atoms with van der Waals surface area (Å²) in [6.07, 6.45) is 3.44. The minimum atomic E-state index is -0.00458. The van der Waals surface area contributed by atoms with Crippen molar-refractivity contribution in [2.24, 2.45) is 0 Å². The second kappa shape index (κ2) is 9.98. The summed E-state index contributed by atoms with van der Waals surface area (Å²) in [4.78, 5) is 23.2. The van der Waals surface area contributed by atoms with Crippen molar-refractivity contribution in [2.45, 2.75) is 25.8 Å². The van der Waals surface area contributed by atoms with Gasteiger partial charge in [-0.25, -0.2) is 4.98 Å². The van der Waals surface area contributed by atoms with Crippen LogP contribution in [0.25, 0.3) is 11.4 Å². The second-order valence-electron chi connectivity index (χ2n) is 7.13. The Hall–Kier alpha value is -3.26. The molecule has 2 aromatic heterocycles. The average molecular weight is 407 g/mol. The molecule has 1 aliphatic heterocycles. The second-order valence-corrected chi connectivity index (χ2v) is 7.13. The number of nitrogens with zero attached hydrogens (tertiary/aromatic N) is 4. The lowest BCUT2D eigenvalue weighted by atomic mass is 10.2. The fraction of sp³-hybridized carbons (Fsp3) is 0.364. The molecule has 0 spiro atoms. The van der Waals surface area contributed by atoms with Crippen LogP contribution >= 0.6 is 0 Å². The number of anilines is 1. The molecule has 0 bridgehead atoms. The van der Waals surface area contributed by atoms with Crippen molar-refractivity contribution in [3.05, 3.63) is 60.1 Å². The van der Waals surface area contributed by atoms with Gasteiger partial charge in [-0.05, 0) is 18.1 Å². The van der Waals surface area contributed by atoms with Gasteiger partial charge >= 0.3 is 0 Å². The summed E-state index contributed by atoms with van der Waals surface area (Å²) in [5, 5.41) is 6.93. The minimum absolute atomic E-state index is 0.00458. The molecule has 1 N–H and O–H groups in total. The Morgan fingerprint density at radius 3 is 2.70 bits per heavy atom. The van der Waals surface area contributed by atoms with Crippen LogP contribution in [0.4, 0.5) is 5.82 Å². The Balaban J connectivity index is 1.18. The molecule has 0 aliphatic carbocycles. The van der Waals surface area contributed by atoms with Crippen LogP contribution in [0.15, 0.2) is 53.2 Å². The molecule has 3 heterocycles. The van der Waals surface area contributed by atoms with E-state index in [1.165, 1.54) is 0 Å². The number of ether oxygens (including phenoxy) is 1. The zero-order valence-corrected chi connectivity index (χ0v) is 16.8. The summed E-state index contributed by atoms with van der Waals surface area (Å²) in [6.45, 7) is 3.65. The smallest absolute Gasteiger partial charge is 0.226 e. The van der Waals surface area contributed by atoms with Gasteiger partial charge in [0, 0.05) is 44.2 Å². The summed E-state index contributed by atoms with van der Waals surface area (Å²) in [7, 11) is 0. The van der Waals surface area contributed by atoms with E-state index in [9.17, 15) is 4.79 Å². The number of carbonyl (C=O) groups is 1. The normalized spacial score (nSPS) is 13.9. The fourth-order valence-corrected chi connectivity index (χ4v) is 3.25. The number of benzene rings is 1. The highest BCUT2D eigenvalue weighted by atomic mass is 16.5. The van der Waals surface area contributed by atoms with Crippen LogP contribution in [0, 0.1) is 0 Å². The zero-order valence-electron chi connectivity index (χ0n) is 16.8. The van der Waals surface area contributed by atoms with Crippen LogP contribution < -0.4 is 10.2 Å². The van der Waals surface area contributed by atoms with Crippen LogP contribution in [0.1, 0.15) is 24.3 Å². The molecule has 30 heavy (non-hydrogen) atoms. The number of morpholine rings is 1. The SMILES string of the molecule is O=C(CCCc1nc(-c2ccccc2)no1)NCc1ccc(N2CCOCC2)nc1. The fourth-order valence-electron chi connectivity index (χ4n) is 3.25. The Kier molecular flexibility index (Phi) is 6.66. The van der Waals surface area contributed by atoms with Crippen LogP contribution in [0.3, 0.4) is 0 Å². The minimum Gasteiger partial charge on any atom is -0.378 e. The van der Waals surface area contributed by atoms with Crippen molar-refractivity contribution in [2.75, 3.05) is 31.2 Å². The molecule has 1 aliphatic rings. The number of amides is 1. The van der Waals surface area contributed by atoms with E-state index in [1.54, 1.807) is 0 Å². The number of pyridine rings is 1. The highest BCUT2D eigenvalue weighted by Gasteiger charge is 2.12. The maximum absolute atomic E-state index is 12.1. The summed E-state index contributed by atoms with van der Waals surface area (Å²) < 4.78 is 10.6. The Labute approximate surface area is 175 Å². The van der Waals surface area contributed by atoms with Gasteiger partial charge in [0.25, 0.3) is 0 Å². The van der Waals surface area contributed by atoms with E-state index < -0.39 is 0 Å². The average Bonchev–Trinajstić information content (AvgIpc) is 3.28. The number of aryl methyl sites for hydroxylation is 1. The number of hydrogen-bond acceptors (Lipinski definition) is 7. The van der Waals surface area contributed by atoms with Crippen molar-refractivity contribution in [3.63, 3.8) is 0 Å². The van der Waals surface area contributed by atoms with E-state index in [-0.39, 0.29) is 5.91 Å². The van der Waals surface area contributed by atoms with Gasteiger partial charge in [-0.1, -0.05) is 41.6 Å². The molecule has 1 amide bonds. The highest BCUT2D eigenvalue weighted by Crippen LogP contribution is 2.16. The summed E-state index contributed by atoms with van der Waals surface area (Å²) in [5.41, 5.74) is 1.89. The van der Waals surface area contributed by atoms with E-state index in [0.29, 0.717) is 37.5 Å². The van der Waals surface area contributed by atoms with Gasteiger partial charge in [-0.15, -0.1) is 0 Å². The van der Waals surface area contributed by atoms with Crippen molar-refractivity contribution < 1.29 is 14.1 Å². The van der Waals surface area contributed by atoms with Crippen molar-refractivity contribution in [1.82, 2.24) is 20.4 Å². The van der Waals surface area contributed by atoms with Gasteiger partial charge < -0.3 is 19.5 Å². The Morgan fingerprint density at radius 1 is 1.10 bits per heavy atom. The number of nitrogens with one attached hydrogen (secondary N) is 1. The quantitative estimate of drug-likeness (QED) is 0.613. The number of carbonyl (C=O) groups excluding carboxylic acids is 1. The third kappa shape index (κ3) is 5.42. The molecule has 4 rings (SSSR count). The highest BCUT2D eigenvalue weighted by molar-refractivity contribution is 5.75. The molecule has 0 atom stereocenters. The van der Waals surface area contributed by atoms with Gasteiger partial charge in [0.15, 0.2) is 0 Å². The summed E-state index contributed by atoms with van der Waals surface area (Å²) in [5.74, 6) is 2.06. The van der Waals surface area contributed by atoms with Gasteiger partial charge in [0.1, 0.15) is 5.82 Å². The molecule has 8 nitrogen and oxygen atoms in total. The summed E-state index contributed by atoms with van der Waals surface area (Å²) >= 11 is 0. The van der Waals surface area contributed by atoms with Crippen molar-refractivity contribution in [3.8, 4) is 11.4 Å². The van der Waals surface area contributed by atoms with Gasteiger partial charge in [0.2, 0.25) is 17.6 Å². The molecule has 3 aromatic rings. The first kappa shape index (κ1) is 20.0. The molecular formula is C22H25N5O3. The third-order valence-corrected chi connectivity index (χ3v) is 4.93.